The van der Waals surface area contributed by atoms with Crippen molar-refractivity contribution in [1.29, 1.82) is 0 Å². The number of aryl methyl sites for hydroxylation is 1. The van der Waals surface area contributed by atoms with Crippen LogP contribution in [0.1, 0.15) is 30.8 Å². The Labute approximate surface area is 143 Å². The van der Waals surface area contributed by atoms with Gasteiger partial charge in [0.05, 0.1) is 0 Å². The van der Waals surface area contributed by atoms with E-state index in [-0.39, 0.29) is 11.3 Å². The largest absolute Gasteiger partial charge is 0.448 e. The highest BCUT2D eigenvalue weighted by Crippen LogP contribution is 2.10. The van der Waals surface area contributed by atoms with Crippen molar-refractivity contribution in [1.82, 2.24) is 9.78 Å². The molecule has 1 amide bonds. The molecule has 25 heavy (non-hydrogen) atoms. The minimum absolute atomic E-state index is 0.0607. The van der Waals surface area contributed by atoms with Crippen LogP contribution in [0.5, 0.6) is 0 Å². The van der Waals surface area contributed by atoms with Gasteiger partial charge in [-0.25, -0.2) is 13.9 Å². The Bertz CT molecular complexity index is 817. The van der Waals surface area contributed by atoms with Crippen molar-refractivity contribution in [3.63, 3.8) is 0 Å². The average molecular weight is 347 g/mol. The molecule has 2 aromatic rings. The lowest BCUT2D eigenvalue weighted by Crippen LogP contribution is -2.31. The van der Waals surface area contributed by atoms with E-state index >= 15 is 0 Å². The summed E-state index contributed by atoms with van der Waals surface area (Å²) >= 11 is 0. The van der Waals surface area contributed by atoms with Crippen molar-refractivity contribution in [3.05, 3.63) is 58.3 Å². The van der Waals surface area contributed by atoms with E-state index in [1.54, 1.807) is 0 Å². The molecule has 1 aromatic carbocycles. The Morgan fingerprint density at radius 2 is 1.92 bits per heavy atom. The van der Waals surface area contributed by atoms with Crippen molar-refractivity contribution >= 4 is 17.6 Å². The van der Waals surface area contributed by atoms with Crippen molar-refractivity contribution < 1.29 is 18.7 Å². The Morgan fingerprint density at radius 1 is 1.24 bits per heavy atom. The van der Waals surface area contributed by atoms with Crippen LogP contribution in [0.3, 0.4) is 0 Å². The number of rotatable bonds is 6. The lowest BCUT2D eigenvalue weighted by molar-refractivity contribution is -0.123. The third kappa shape index (κ3) is 4.97. The summed E-state index contributed by atoms with van der Waals surface area (Å²) in [5.41, 5.74) is -0.00102. The van der Waals surface area contributed by atoms with Crippen LogP contribution >= 0.6 is 0 Å². The molecule has 8 heteroatoms. The Kier molecular flexibility index (Phi) is 5.99. The van der Waals surface area contributed by atoms with E-state index in [1.165, 1.54) is 48.0 Å². The van der Waals surface area contributed by atoms with E-state index in [0.717, 1.165) is 0 Å². The summed E-state index contributed by atoms with van der Waals surface area (Å²) in [6.45, 7) is 3.65. The standard InChI is InChI=1S/C17H18FN3O4/c1-3-10-21-15(22)9-8-14(20-21)17(24)25-11(2)16(23)19-13-6-4-12(18)5-7-13/h4-9,11H,3,10H2,1-2H3,(H,19,23). The third-order valence-electron chi connectivity index (χ3n) is 3.28. The Morgan fingerprint density at radius 3 is 2.56 bits per heavy atom. The highest BCUT2D eigenvalue weighted by atomic mass is 19.1. The van der Waals surface area contributed by atoms with Gasteiger partial charge < -0.3 is 10.1 Å². The van der Waals surface area contributed by atoms with E-state index < -0.39 is 23.8 Å². The second-order valence-electron chi connectivity index (χ2n) is 5.32. The first-order chi connectivity index (χ1) is 11.9. The van der Waals surface area contributed by atoms with E-state index in [2.05, 4.69) is 10.4 Å². The molecule has 0 fully saturated rings. The number of benzene rings is 1. The molecule has 1 unspecified atom stereocenters. The zero-order valence-electron chi connectivity index (χ0n) is 13.9. The second-order valence-corrected chi connectivity index (χ2v) is 5.32. The summed E-state index contributed by atoms with van der Waals surface area (Å²) in [5.74, 6) is -1.81. The fourth-order valence-corrected chi connectivity index (χ4v) is 1.98. The molecule has 0 bridgehead atoms. The number of anilines is 1. The molecule has 1 N–H and O–H groups in total. The van der Waals surface area contributed by atoms with Crippen LogP contribution in [0.25, 0.3) is 0 Å². The maximum absolute atomic E-state index is 12.8. The van der Waals surface area contributed by atoms with Gasteiger partial charge in [-0.1, -0.05) is 6.92 Å². The second kappa shape index (κ2) is 8.18. The Balaban J connectivity index is 2.01. The third-order valence-corrected chi connectivity index (χ3v) is 3.28. The Hall–Kier alpha value is -3.03. The van der Waals surface area contributed by atoms with Gasteiger partial charge in [-0.15, -0.1) is 0 Å². The lowest BCUT2D eigenvalue weighted by Gasteiger charge is -2.13. The van der Waals surface area contributed by atoms with Crippen LogP contribution < -0.4 is 10.9 Å². The number of halogens is 1. The number of ether oxygens (including phenoxy) is 1. The van der Waals surface area contributed by atoms with Crippen molar-refractivity contribution in [2.24, 2.45) is 0 Å². The minimum Gasteiger partial charge on any atom is -0.448 e. The molecule has 0 aliphatic rings. The summed E-state index contributed by atoms with van der Waals surface area (Å²) in [6, 6.07) is 7.66. The molecule has 0 aliphatic heterocycles. The number of carbonyl (C=O) groups is 2. The van der Waals surface area contributed by atoms with Crippen LogP contribution in [0.4, 0.5) is 10.1 Å². The molecule has 2 rings (SSSR count). The summed E-state index contributed by atoms with van der Waals surface area (Å²) in [5, 5.41) is 6.43. The number of aromatic nitrogens is 2. The fraction of sp³-hybridized carbons (Fsp3) is 0.294. The number of carbonyl (C=O) groups excluding carboxylic acids is 2. The molecule has 0 saturated heterocycles. The van der Waals surface area contributed by atoms with E-state index in [9.17, 15) is 18.8 Å². The number of esters is 1. The maximum atomic E-state index is 12.8. The van der Waals surface area contributed by atoms with Crippen LogP contribution in [0, 0.1) is 5.82 Å². The van der Waals surface area contributed by atoms with Gasteiger partial charge in [-0.05, 0) is 43.7 Å². The first-order valence-corrected chi connectivity index (χ1v) is 7.76. The quantitative estimate of drug-likeness (QED) is 0.807. The van der Waals surface area contributed by atoms with Gasteiger partial charge >= 0.3 is 5.97 Å². The fourth-order valence-electron chi connectivity index (χ4n) is 1.98. The SMILES string of the molecule is CCCn1nc(C(=O)OC(C)C(=O)Nc2ccc(F)cc2)ccc1=O. The van der Waals surface area contributed by atoms with Gasteiger partial charge in [0.25, 0.3) is 11.5 Å². The van der Waals surface area contributed by atoms with Crippen LogP contribution in [0.15, 0.2) is 41.2 Å². The number of nitrogens with zero attached hydrogens (tertiary/aromatic N) is 2. The predicted octanol–water partition coefficient (Wildman–Crippen LogP) is 1.98. The molecule has 132 valence electrons. The van der Waals surface area contributed by atoms with E-state index in [1.807, 2.05) is 6.92 Å². The number of hydrogen-bond donors (Lipinski definition) is 1. The zero-order valence-corrected chi connectivity index (χ0v) is 13.9. The number of hydrogen-bond acceptors (Lipinski definition) is 5. The summed E-state index contributed by atoms with van der Waals surface area (Å²) < 4.78 is 19.1. The molecule has 0 aliphatic carbocycles. The monoisotopic (exact) mass is 347 g/mol. The first kappa shape index (κ1) is 18.3. The summed E-state index contributed by atoms with van der Waals surface area (Å²) in [6.07, 6.45) is -0.409. The van der Waals surface area contributed by atoms with Gasteiger partial charge in [0.2, 0.25) is 0 Å². The highest BCUT2D eigenvalue weighted by molar-refractivity contribution is 5.96. The van der Waals surface area contributed by atoms with Crippen LogP contribution in [0.2, 0.25) is 0 Å². The van der Waals surface area contributed by atoms with Gasteiger partial charge in [0, 0.05) is 18.3 Å². The summed E-state index contributed by atoms with van der Waals surface area (Å²) in [7, 11) is 0. The summed E-state index contributed by atoms with van der Waals surface area (Å²) in [4.78, 5) is 35.7. The maximum Gasteiger partial charge on any atom is 0.359 e. The predicted molar refractivity (Wildman–Crippen MR) is 88.7 cm³/mol. The molecular formula is C17H18FN3O4. The van der Waals surface area contributed by atoms with Crippen LogP contribution in [-0.2, 0) is 16.1 Å². The lowest BCUT2D eigenvalue weighted by atomic mass is 10.3. The molecule has 0 saturated carbocycles. The van der Waals surface area contributed by atoms with Gasteiger partial charge in [-0.3, -0.25) is 9.59 Å². The van der Waals surface area contributed by atoms with Gasteiger partial charge in [0.1, 0.15) is 5.82 Å². The van der Waals surface area contributed by atoms with E-state index in [0.29, 0.717) is 18.7 Å². The minimum atomic E-state index is -1.09. The van der Waals surface area contributed by atoms with Crippen molar-refractivity contribution in [2.75, 3.05) is 5.32 Å². The smallest absolute Gasteiger partial charge is 0.359 e. The van der Waals surface area contributed by atoms with Crippen molar-refractivity contribution in [2.45, 2.75) is 32.9 Å². The van der Waals surface area contributed by atoms with Gasteiger partial charge in [0.15, 0.2) is 11.8 Å². The van der Waals surface area contributed by atoms with E-state index in [4.69, 9.17) is 4.74 Å². The topological polar surface area (TPSA) is 90.3 Å². The normalized spacial score (nSPS) is 11.6. The number of nitrogens with one attached hydrogen (secondary N) is 1. The molecule has 0 spiro atoms. The van der Waals surface area contributed by atoms with Crippen LogP contribution in [-0.4, -0.2) is 27.8 Å². The molecule has 1 atom stereocenters. The molecule has 0 radical (unpaired) electrons. The molecule has 1 aromatic heterocycles. The molecular weight excluding hydrogens is 329 g/mol. The van der Waals surface area contributed by atoms with Gasteiger partial charge in [-0.2, -0.15) is 5.10 Å². The average Bonchev–Trinajstić information content (AvgIpc) is 2.58. The highest BCUT2D eigenvalue weighted by Gasteiger charge is 2.20. The first-order valence-electron chi connectivity index (χ1n) is 7.76. The molecule has 1 heterocycles. The number of amides is 1. The van der Waals surface area contributed by atoms with Crippen molar-refractivity contribution in [3.8, 4) is 0 Å². The molecule has 7 nitrogen and oxygen atoms in total. The zero-order chi connectivity index (χ0) is 18.4.